The number of benzene rings is 2. The van der Waals surface area contributed by atoms with Gasteiger partial charge in [0.1, 0.15) is 23.5 Å². The molecular formula is C22H23Cl2F2N2O4S-. The Labute approximate surface area is 203 Å². The molecule has 1 amide bonds. The van der Waals surface area contributed by atoms with Crippen molar-refractivity contribution in [2.45, 2.75) is 43.6 Å². The zero-order valence-electron chi connectivity index (χ0n) is 17.6. The molecular weight excluding hydrogens is 497 g/mol. The summed E-state index contributed by atoms with van der Waals surface area (Å²) < 4.78 is 52.6. The fraction of sp³-hybridized carbons (Fsp3) is 0.409. The topological polar surface area (TPSA) is 95.7 Å². The number of nitrogens with zero attached hydrogens (tertiary/aromatic N) is 1. The average Bonchev–Trinajstić information content (AvgIpc) is 3.59. The Bertz CT molecular complexity index is 1040. The first-order valence-electron chi connectivity index (χ1n) is 10.3. The molecule has 2 fully saturated rings. The summed E-state index contributed by atoms with van der Waals surface area (Å²) in [6, 6.07) is 6.59. The fourth-order valence-electron chi connectivity index (χ4n) is 3.39. The monoisotopic (exact) mass is 519 g/mol. The first-order valence-corrected chi connectivity index (χ1v) is 12.2. The molecule has 1 saturated heterocycles. The number of likely N-dealkylation sites (tertiary alicyclic amines) is 1. The maximum atomic E-state index is 14.0. The fourth-order valence-corrected chi connectivity index (χ4v) is 4.35. The summed E-state index contributed by atoms with van der Waals surface area (Å²) in [6.45, 7) is 1.99. The highest BCUT2D eigenvalue weighted by molar-refractivity contribution is 7.80. The molecule has 1 aliphatic heterocycles. The summed E-state index contributed by atoms with van der Waals surface area (Å²) in [6.07, 6.45) is 3.23. The average molecular weight is 520 g/mol. The molecule has 0 bridgehead atoms. The van der Waals surface area contributed by atoms with Crippen LogP contribution in [0.1, 0.15) is 41.6 Å². The van der Waals surface area contributed by atoms with E-state index in [1.807, 2.05) is 0 Å². The molecule has 6 nitrogen and oxygen atoms in total. The van der Waals surface area contributed by atoms with Crippen molar-refractivity contribution in [2.75, 3.05) is 13.1 Å². The lowest BCUT2D eigenvalue weighted by molar-refractivity contribution is 0.0841. The highest BCUT2D eigenvalue weighted by Gasteiger charge is 2.24. The van der Waals surface area contributed by atoms with Gasteiger partial charge in [-0.1, -0.05) is 40.3 Å². The molecule has 2 aromatic carbocycles. The van der Waals surface area contributed by atoms with Crippen LogP contribution in [-0.2, 0) is 17.6 Å². The van der Waals surface area contributed by atoms with Crippen LogP contribution in [0.4, 0.5) is 8.78 Å². The molecule has 33 heavy (non-hydrogen) atoms. The summed E-state index contributed by atoms with van der Waals surface area (Å²) >= 11 is 10.4. The van der Waals surface area contributed by atoms with Crippen LogP contribution in [0.5, 0.6) is 5.75 Å². The van der Waals surface area contributed by atoms with E-state index < -0.39 is 22.8 Å². The van der Waals surface area contributed by atoms with E-state index >= 15 is 0 Å². The van der Waals surface area contributed by atoms with Gasteiger partial charge in [0.25, 0.3) is 5.91 Å². The molecule has 1 saturated carbocycles. The number of piperidine rings is 1. The van der Waals surface area contributed by atoms with E-state index in [1.165, 1.54) is 18.2 Å². The van der Waals surface area contributed by atoms with Gasteiger partial charge in [-0.25, -0.2) is 8.78 Å². The minimum Gasteiger partial charge on any atom is -0.772 e. The van der Waals surface area contributed by atoms with Gasteiger partial charge in [-0.2, -0.15) is 0 Å². The predicted molar refractivity (Wildman–Crippen MR) is 122 cm³/mol. The minimum absolute atomic E-state index is 0.0185. The smallest absolute Gasteiger partial charge is 0.251 e. The van der Waals surface area contributed by atoms with E-state index in [1.54, 1.807) is 6.07 Å². The van der Waals surface area contributed by atoms with Crippen LogP contribution < -0.4 is 10.5 Å². The third kappa shape index (κ3) is 7.61. The van der Waals surface area contributed by atoms with Gasteiger partial charge in [0.2, 0.25) is 0 Å². The largest absolute Gasteiger partial charge is 0.772 e. The van der Waals surface area contributed by atoms with E-state index in [4.69, 9.17) is 33.7 Å². The third-order valence-electron chi connectivity index (χ3n) is 5.25. The molecule has 0 spiro atoms. The van der Waals surface area contributed by atoms with Gasteiger partial charge in [-0.15, -0.1) is 0 Å². The lowest BCUT2D eigenvalue weighted by Gasteiger charge is -2.33. The van der Waals surface area contributed by atoms with Crippen LogP contribution in [0, 0.1) is 11.6 Å². The van der Waals surface area contributed by atoms with Crippen LogP contribution >= 0.6 is 23.2 Å². The predicted octanol–water partition coefficient (Wildman–Crippen LogP) is 4.44. The number of carbonyl (C=O) groups is 1. The molecule has 4 rings (SSSR count). The molecule has 2 atom stereocenters. The number of primary amides is 1. The quantitative estimate of drug-likeness (QED) is 0.569. The second kappa shape index (κ2) is 11.6. The van der Waals surface area contributed by atoms with Gasteiger partial charge in [0.05, 0.1) is 10.6 Å². The van der Waals surface area contributed by atoms with Gasteiger partial charge in [-0.05, 0) is 56.0 Å². The van der Waals surface area contributed by atoms with Crippen molar-refractivity contribution in [1.82, 2.24) is 4.90 Å². The van der Waals surface area contributed by atoms with Crippen LogP contribution in [0.25, 0.3) is 0 Å². The van der Waals surface area contributed by atoms with E-state index in [9.17, 15) is 22.3 Å². The lowest BCUT2D eigenvalue weighted by Crippen LogP contribution is -2.40. The maximum absolute atomic E-state index is 14.0. The maximum Gasteiger partial charge on any atom is 0.251 e. The summed E-state index contributed by atoms with van der Waals surface area (Å²) in [5.41, 5.74) is 5.66. The van der Waals surface area contributed by atoms with Crippen LogP contribution in [-0.4, -0.2) is 44.0 Å². The zero-order valence-corrected chi connectivity index (χ0v) is 19.9. The second-order valence-corrected chi connectivity index (χ2v) is 9.94. The van der Waals surface area contributed by atoms with Crippen LogP contribution in [0.15, 0.2) is 30.3 Å². The molecule has 0 aromatic heterocycles. The normalized spacial score (nSPS) is 19.4. The Kier molecular flexibility index (Phi) is 9.06. The van der Waals surface area contributed by atoms with Crippen LogP contribution in [0.2, 0.25) is 10.0 Å². The molecule has 180 valence electrons. The summed E-state index contributed by atoms with van der Waals surface area (Å²) in [7, 11) is 0. The Balaban J connectivity index is 0.000000442. The van der Waals surface area contributed by atoms with Crippen molar-refractivity contribution in [2.24, 2.45) is 5.73 Å². The van der Waals surface area contributed by atoms with Gasteiger partial charge in [0.15, 0.2) is 0 Å². The van der Waals surface area contributed by atoms with Gasteiger partial charge in [-0.3, -0.25) is 13.9 Å². The second-order valence-electron chi connectivity index (χ2n) is 7.94. The molecule has 0 radical (unpaired) electrons. The van der Waals surface area contributed by atoms with Crippen molar-refractivity contribution in [3.63, 3.8) is 0 Å². The SMILES string of the molecule is NC(=O)c1cc(Cl)c(O[C@@H]2CCCN(Cc3ccc(F)cc3Cl)C2)cc1F.O=S([O-])C1CC1. The van der Waals surface area contributed by atoms with Gasteiger partial charge in [0, 0.05) is 29.4 Å². The standard InChI is InChI=1S/C19H18Cl2F2N2O2.C3H6O2S/c20-15-6-12(22)4-3-11(15)9-25-5-1-2-13(10-25)27-18-8-17(23)14(19(24)26)7-16(18)21;4-6(5)3-1-2-3/h3-4,6-8,13H,1-2,5,9-10H2,(H2,24,26);3H,1-2H2,(H,4,5)/p-1/t13-;/m1./s1. The van der Waals surface area contributed by atoms with E-state index in [0.717, 1.165) is 43.9 Å². The highest BCUT2D eigenvalue weighted by atomic mass is 35.5. The Morgan fingerprint density at radius 1 is 1.18 bits per heavy atom. The van der Waals surface area contributed by atoms with Gasteiger partial charge < -0.3 is 15.0 Å². The highest BCUT2D eigenvalue weighted by Crippen LogP contribution is 2.30. The molecule has 11 heteroatoms. The number of halogens is 4. The number of hydrogen-bond donors (Lipinski definition) is 1. The van der Waals surface area contributed by atoms with Crippen molar-refractivity contribution in [3.05, 3.63) is 63.1 Å². The third-order valence-corrected chi connectivity index (χ3v) is 6.91. The van der Waals surface area contributed by atoms with Crippen molar-refractivity contribution in [3.8, 4) is 5.75 Å². The van der Waals surface area contributed by atoms with Crippen molar-refractivity contribution < 1.29 is 27.1 Å². The Morgan fingerprint density at radius 3 is 2.48 bits per heavy atom. The summed E-state index contributed by atoms with van der Waals surface area (Å²) in [4.78, 5) is 13.3. The van der Waals surface area contributed by atoms with E-state index in [2.05, 4.69) is 4.90 Å². The molecule has 2 aliphatic rings. The molecule has 1 heterocycles. The minimum atomic E-state index is -1.76. The first-order chi connectivity index (χ1) is 15.6. The molecule has 1 unspecified atom stereocenters. The van der Waals surface area contributed by atoms with Crippen molar-refractivity contribution in [1.29, 1.82) is 0 Å². The number of amides is 1. The van der Waals surface area contributed by atoms with Gasteiger partial charge >= 0.3 is 0 Å². The molecule has 2 N–H and O–H groups in total. The zero-order chi connectivity index (χ0) is 24.1. The Morgan fingerprint density at radius 2 is 1.91 bits per heavy atom. The van der Waals surface area contributed by atoms with E-state index in [-0.39, 0.29) is 33.5 Å². The number of ether oxygens (including phenoxy) is 1. The Hall–Kier alpha value is -1.78. The number of nitrogens with two attached hydrogens (primary N) is 1. The summed E-state index contributed by atoms with van der Waals surface area (Å²) in [5, 5.41) is 0.527. The first kappa shape index (κ1) is 25.8. The lowest BCUT2D eigenvalue weighted by atomic mass is 10.1. The summed E-state index contributed by atoms with van der Waals surface area (Å²) in [5.74, 6) is -1.86. The number of rotatable bonds is 6. The van der Waals surface area contributed by atoms with E-state index in [0.29, 0.717) is 18.1 Å². The molecule has 2 aromatic rings. The van der Waals surface area contributed by atoms with Crippen molar-refractivity contribution >= 4 is 40.2 Å². The number of carbonyl (C=O) groups excluding carboxylic acids is 1. The molecule has 1 aliphatic carbocycles. The number of hydrogen-bond acceptors (Lipinski definition) is 5. The van der Waals surface area contributed by atoms with Crippen LogP contribution in [0.3, 0.4) is 0 Å².